The van der Waals surface area contributed by atoms with Gasteiger partial charge in [-0.05, 0) is 92.2 Å². The summed E-state index contributed by atoms with van der Waals surface area (Å²) in [6, 6.07) is -6.55. The second kappa shape index (κ2) is 33.4. The van der Waals surface area contributed by atoms with E-state index in [0.29, 0.717) is 59.7 Å². The molecule has 5 rings (SSSR count). The van der Waals surface area contributed by atoms with E-state index in [-0.39, 0.29) is 37.2 Å². The molecule has 32 heteroatoms. The average Bonchev–Trinajstić information content (AvgIpc) is 1.66. The third kappa shape index (κ3) is 20.3. The van der Waals surface area contributed by atoms with E-state index in [1.165, 1.54) is 45.0 Å². The summed E-state index contributed by atoms with van der Waals surface area (Å²) < 4.78 is 144. The zero-order valence-electron chi connectivity index (χ0n) is 58.4. The van der Waals surface area contributed by atoms with Gasteiger partial charge in [-0.15, -0.1) is 0 Å². The van der Waals surface area contributed by atoms with Crippen LogP contribution in [0.4, 0.5) is 43.9 Å². The van der Waals surface area contributed by atoms with Crippen LogP contribution >= 0.6 is 0 Å². The maximum atomic E-state index is 16.0. The molecule has 3 fully saturated rings. The molecule has 0 radical (unpaired) electrons. The van der Waals surface area contributed by atoms with Gasteiger partial charge in [0.1, 0.15) is 59.0 Å². The van der Waals surface area contributed by atoms with Crippen molar-refractivity contribution in [3.63, 3.8) is 0 Å². The van der Waals surface area contributed by atoms with Crippen molar-refractivity contribution in [1.82, 2.24) is 55.1 Å². The van der Waals surface area contributed by atoms with E-state index in [1.54, 1.807) is 34.6 Å². The van der Waals surface area contributed by atoms with Gasteiger partial charge in [0.15, 0.2) is 0 Å². The second-order valence-corrected chi connectivity index (χ2v) is 27.2. The highest BCUT2D eigenvalue weighted by Gasteiger charge is 2.55. The van der Waals surface area contributed by atoms with Crippen molar-refractivity contribution in [2.24, 2.45) is 17.8 Å². The van der Waals surface area contributed by atoms with Gasteiger partial charge in [-0.25, -0.2) is 17.6 Å². The lowest BCUT2D eigenvalue weighted by Crippen LogP contribution is -2.64. The van der Waals surface area contributed by atoms with Crippen molar-refractivity contribution in [2.75, 3.05) is 75.5 Å². The monoisotopic (exact) mass is 1420 g/mol. The Hall–Kier alpha value is -8.09. The maximum Gasteiger partial charge on any atom is 0.422 e. The van der Waals surface area contributed by atoms with Crippen LogP contribution < -0.4 is 16.0 Å². The van der Waals surface area contributed by atoms with Crippen LogP contribution in [0.1, 0.15) is 135 Å². The molecule has 2 aliphatic heterocycles. The van der Waals surface area contributed by atoms with Gasteiger partial charge in [-0.1, -0.05) is 79.4 Å². The van der Waals surface area contributed by atoms with Crippen LogP contribution in [0.5, 0.6) is 0 Å². The van der Waals surface area contributed by atoms with Crippen molar-refractivity contribution in [3.8, 4) is 0 Å². The van der Waals surface area contributed by atoms with Crippen LogP contribution in [0, 0.1) is 29.4 Å². The summed E-state index contributed by atoms with van der Waals surface area (Å²) in [5, 5.41) is 7.71. The highest BCUT2D eigenvalue weighted by atomic mass is 19.4. The minimum absolute atomic E-state index is 0.0418. The Labute approximate surface area is 570 Å². The summed E-state index contributed by atoms with van der Waals surface area (Å²) in [5.74, 6) is -19.8. The van der Waals surface area contributed by atoms with Gasteiger partial charge < -0.3 is 55.1 Å². The Morgan fingerprint density at radius 3 is 1.68 bits per heavy atom. The molecule has 0 aromatic heterocycles. The number of carbonyl (C=O) groups excluding carboxylic acids is 11. The molecule has 552 valence electrons. The molecule has 22 nitrogen and oxygen atoms in total. The van der Waals surface area contributed by atoms with Crippen molar-refractivity contribution in [2.45, 2.75) is 192 Å². The summed E-state index contributed by atoms with van der Waals surface area (Å²) in [4.78, 5) is 168. The van der Waals surface area contributed by atoms with Gasteiger partial charge >= 0.3 is 12.4 Å². The second-order valence-electron chi connectivity index (χ2n) is 27.2. The molecule has 2 aromatic carbocycles. The number of nitrogens with one attached hydrogen (secondary N) is 3. The summed E-state index contributed by atoms with van der Waals surface area (Å²) in [6.07, 6.45) is -13.0. The smallest absolute Gasteiger partial charge is 0.343 e. The minimum Gasteiger partial charge on any atom is -0.343 e. The van der Waals surface area contributed by atoms with E-state index in [0.717, 1.165) is 45.8 Å². The number of halogens is 10. The quantitative estimate of drug-likeness (QED) is 0.218. The van der Waals surface area contributed by atoms with Crippen LogP contribution in [0.3, 0.4) is 0 Å². The average molecular weight is 1420 g/mol. The predicted octanol–water partition coefficient (Wildman–Crippen LogP) is 6.06. The van der Waals surface area contributed by atoms with Gasteiger partial charge in [0.25, 0.3) is 5.92 Å². The van der Waals surface area contributed by atoms with Crippen molar-refractivity contribution >= 4 is 65.0 Å². The third-order valence-electron chi connectivity index (χ3n) is 19.3. The van der Waals surface area contributed by atoms with E-state index in [9.17, 15) is 83.1 Å². The molecule has 2 saturated heterocycles. The lowest BCUT2D eigenvalue weighted by atomic mass is 9.90. The van der Waals surface area contributed by atoms with E-state index < -0.39 is 223 Å². The fourth-order valence-electron chi connectivity index (χ4n) is 12.7. The summed E-state index contributed by atoms with van der Waals surface area (Å²) >= 11 is 0. The first-order valence-electron chi connectivity index (χ1n) is 32.9. The third-order valence-corrected chi connectivity index (χ3v) is 19.3. The van der Waals surface area contributed by atoms with Crippen LogP contribution in [-0.2, 0) is 77.9 Å². The fraction of sp³-hybridized carbons (Fsp3) is 0.657. The lowest BCUT2D eigenvalue weighted by molar-refractivity contribution is -0.153. The number of nitrogens with zero attached hydrogens (tertiary/aromatic N) is 8. The van der Waals surface area contributed by atoms with Gasteiger partial charge in [0, 0.05) is 74.6 Å². The van der Waals surface area contributed by atoms with Crippen molar-refractivity contribution < 1.29 is 96.6 Å². The molecule has 11 amide bonds. The Balaban J connectivity index is 1.64. The van der Waals surface area contributed by atoms with Crippen LogP contribution in [-0.4, -0.2) is 233 Å². The SMILES string of the molecule is CC[C@H](C)[C@@H]1NC(=O)[C@H](CC(C)C)N(C)C(=O)C[C@@H](C)N(C)C(=O)[C@H]([C@@H](C)CC)N(C)C(=O)C2(CCCC2)NC(=O)[C@@H]2CC(F)(F)CN2C(=O)[C@H](CCc2cc(F)c(C(F)(F)F)c(F)c2)NC(=O)CN(C)C(=O)[C@H](Cc2ccc(C(F)(F)F)cc2)N(C)C(=O)CN(C)C(=O)CN(C)C1=O. The van der Waals surface area contributed by atoms with Gasteiger partial charge in [0.05, 0.1) is 31.7 Å². The molecule has 3 N–H and O–H groups in total. The number of alkyl halides is 8. The molecule has 0 unspecified atom stereocenters. The molecule has 3 aliphatic rings. The van der Waals surface area contributed by atoms with Crippen molar-refractivity contribution in [1.29, 1.82) is 0 Å². The lowest BCUT2D eigenvalue weighted by Gasteiger charge is -2.41. The first kappa shape index (κ1) is 81.6. The largest absolute Gasteiger partial charge is 0.422 e. The molecule has 2 aromatic rings. The highest BCUT2D eigenvalue weighted by molar-refractivity contribution is 5.99. The van der Waals surface area contributed by atoms with E-state index in [1.807, 2.05) is 13.8 Å². The molecule has 1 spiro atoms. The molecule has 1 saturated carbocycles. The molecule has 99 heavy (non-hydrogen) atoms. The molecule has 2 heterocycles. The topological polar surface area (TPSA) is 250 Å². The highest BCUT2D eigenvalue weighted by Crippen LogP contribution is 2.39. The number of carbonyl (C=O) groups is 11. The Kier molecular flexibility index (Phi) is 27.5. The molecular weight excluding hydrogens is 1320 g/mol. The van der Waals surface area contributed by atoms with Crippen LogP contribution in [0.25, 0.3) is 0 Å². The van der Waals surface area contributed by atoms with E-state index >= 15 is 13.6 Å². The standard InChI is InChI=1S/C67H93F10N11O11/c1-15-38(5)55-61(97)83(10)34-52(91)81(8)35-53(92)86(13)48(31-41-19-22-43(23-20-41)66(72,73)74)60(96)82(9)33-50(89)78-46(24-21-42-29-44(68)54(45(69)30-42)67(75,76)77)59(95)88-36-65(70,71)32-49(88)58(94)80-64(25-17-18-26-64)63(99)87(14)56(39(6)16-2)62(98)84(11)40(7)28-51(90)85(12)47(27-37(3)4)57(93)79-55/h19-20,22-23,29-30,37-40,46-49,55-56H,15-18,21,24-28,31-36H2,1-14H3,(H,78,89)(H,79,93)(H,80,94)/t38-,39-,40+,46-,47-,48-,49-,55-,56-/m0/s1. The van der Waals surface area contributed by atoms with E-state index in [4.69, 9.17) is 0 Å². The van der Waals surface area contributed by atoms with Crippen LogP contribution in [0.15, 0.2) is 36.4 Å². The van der Waals surface area contributed by atoms with Gasteiger partial charge in [-0.3, -0.25) is 52.7 Å². The number of amides is 11. The molecule has 1 aliphatic carbocycles. The van der Waals surface area contributed by atoms with Crippen molar-refractivity contribution in [3.05, 3.63) is 70.3 Å². The van der Waals surface area contributed by atoms with E-state index in [2.05, 4.69) is 16.0 Å². The number of hydrogen-bond acceptors (Lipinski definition) is 11. The number of hydrogen-bond donors (Lipinski definition) is 3. The number of fused-ring (bicyclic) bond motifs is 1. The normalized spacial score (nSPS) is 25.0. The zero-order valence-corrected chi connectivity index (χ0v) is 58.4. The molecule has 9 atom stereocenters. The number of likely N-dealkylation sites (N-methyl/N-ethyl adjacent to an activating group) is 7. The first-order chi connectivity index (χ1) is 45.8. The number of benzene rings is 2. The summed E-state index contributed by atoms with van der Waals surface area (Å²) in [7, 11) is 8.72. The van der Waals surface area contributed by atoms with Crippen LogP contribution in [0.2, 0.25) is 0 Å². The summed E-state index contributed by atoms with van der Waals surface area (Å²) in [5.41, 5.74) is -5.70. The number of rotatable bonds is 11. The minimum atomic E-state index is -5.50. The maximum absolute atomic E-state index is 16.0. The molecule has 0 bridgehead atoms. The fourth-order valence-corrected chi connectivity index (χ4v) is 12.7. The summed E-state index contributed by atoms with van der Waals surface area (Å²) in [6.45, 7) is 8.00. The van der Waals surface area contributed by atoms with Gasteiger partial charge in [-0.2, -0.15) is 26.3 Å². The Morgan fingerprint density at radius 1 is 0.596 bits per heavy atom. The molecular formula is C67H93F10N11O11. The number of aryl methyl sites for hydroxylation is 1. The predicted molar refractivity (Wildman–Crippen MR) is 341 cm³/mol. The Morgan fingerprint density at radius 2 is 1.14 bits per heavy atom. The Bertz CT molecular complexity index is 3270. The zero-order chi connectivity index (χ0) is 74.9. The van der Waals surface area contributed by atoms with Gasteiger partial charge in [0.2, 0.25) is 65.0 Å². The first-order valence-corrected chi connectivity index (χ1v) is 32.9.